The van der Waals surface area contributed by atoms with Crippen LogP contribution in [0.1, 0.15) is 0 Å². The molecule has 0 saturated heterocycles. The van der Waals surface area contributed by atoms with E-state index >= 15 is 0 Å². The van der Waals surface area contributed by atoms with E-state index in [9.17, 15) is 8.42 Å². The van der Waals surface area contributed by atoms with Gasteiger partial charge < -0.3 is 16.2 Å². The number of nitrogen functional groups attached to an aromatic ring is 2. The smallest absolute Gasteiger partial charge is 0.298 e. The summed E-state index contributed by atoms with van der Waals surface area (Å²) >= 11 is 0. The van der Waals surface area contributed by atoms with Crippen LogP contribution in [-0.2, 0) is 10.1 Å². The van der Waals surface area contributed by atoms with Crippen LogP contribution < -0.4 is 16.2 Å². The summed E-state index contributed by atoms with van der Waals surface area (Å²) in [6.45, 7) is 0. The SMILES string of the molecule is COc1c(N)cc(N)cc1S(=O)(=O)O. The summed E-state index contributed by atoms with van der Waals surface area (Å²) in [4.78, 5) is -0.433. The highest BCUT2D eigenvalue weighted by molar-refractivity contribution is 7.86. The monoisotopic (exact) mass is 218 g/mol. The van der Waals surface area contributed by atoms with E-state index in [4.69, 9.17) is 20.8 Å². The molecular formula is C7H10N2O4S. The lowest BCUT2D eigenvalue weighted by Gasteiger charge is -2.09. The van der Waals surface area contributed by atoms with E-state index in [1.54, 1.807) is 0 Å². The van der Waals surface area contributed by atoms with Crippen molar-refractivity contribution in [1.82, 2.24) is 0 Å². The second-order valence-electron chi connectivity index (χ2n) is 2.62. The molecule has 0 aliphatic heterocycles. The Hall–Kier alpha value is -1.47. The molecule has 0 saturated carbocycles. The van der Waals surface area contributed by atoms with Gasteiger partial charge in [0.2, 0.25) is 0 Å². The Morgan fingerprint density at radius 1 is 1.36 bits per heavy atom. The van der Waals surface area contributed by atoms with Crippen LogP contribution in [0.25, 0.3) is 0 Å². The summed E-state index contributed by atoms with van der Waals surface area (Å²) in [5.74, 6) is -0.110. The number of methoxy groups -OCH3 is 1. The van der Waals surface area contributed by atoms with E-state index in [0.717, 1.165) is 6.07 Å². The van der Waals surface area contributed by atoms with Crippen molar-refractivity contribution >= 4 is 21.5 Å². The minimum absolute atomic E-state index is 0.0557. The third-order valence-electron chi connectivity index (χ3n) is 1.59. The zero-order valence-corrected chi connectivity index (χ0v) is 8.21. The number of nitrogens with two attached hydrogens (primary N) is 2. The van der Waals surface area contributed by atoms with Gasteiger partial charge in [-0.2, -0.15) is 8.42 Å². The highest BCUT2D eigenvalue weighted by atomic mass is 32.2. The molecule has 1 aromatic rings. The molecule has 0 aliphatic rings. The van der Waals surface area contributed by atoms with Crippen molar-refractivity contribution in [3.8, 4) is 5.75 Å². The molecule has 6 nitrogen and oxygen atoms in total. The minimum atomic E-state index is -4.38. The van der Waals surface area contributed by atoms with Crippen LogP contribution in [0, 0.1) is 0 Å². The number of anilines is 2. The number of ether oxygens (including phenoxy) is 1. The number of hydrogen-bond donors (Lipinski definition) is 3. The van der Waals surface area contributed by atoms with Gasteiger partial charge in [0.15, 0.2) is 5.75 Å². The normalized spacial score (nSPS) is 11.3. The minimum Gasteiger partial charge on any atom is -0.493 e. The summed E-state index contributed by atoms with van der Waals surface area (Å²) in [7, 11) is -3.13. The van der Waals surface area contributed by atoms with Crippen molar-refractivity contribution in [2.75, 3.05) is 18.6 Å². The molecule has 0 spiro atoms. The maximum absolute atomic E-state index is 10.9. The van der Waals surface area contributed by atoms with E-state index in [0.29, 0.717) is 0 Å². The summed E-state index contributed by atoms with van der Waals surface area (Å²) in [6.07, 6.45) is 0. The standard InChI is InChI=1S/C7H10N2O4S/c1-13-7-5(9)2-4(8)3-6(7)14(10,11)12/h2-3H,8-9H2,1H3,(H,10,11,12). The number of rotatable bonds is 2. The Bertz CT molecular complexity index is 455. The van der Waals surface area contributed by atoms with Gasteiger partial charge >= 0.3 is 0 Å². The molecule has 5 N–H and O–H groups in total. The van der Waals surface area contributed by atoms with Crippen LogP contribution in [0.15, 0.2) is 17.0 Å². The molecule has 1 aromatic carbocycles. The lowest BCUT2D eigenvalue weighted by molar-refractivity contribution is 0.400. The second-order valence-corrected chi connectivity index (χ2v) is 4.01. The van der Waals surface area contributed by atoms with Crippen LogP contribution in [0.4, 0.5) is 11.4 Å². The highest BCUT2D eigenvalue weighted by Gasteiger charge is 2.19. The van der Waals surface area contributed by atoms with Gasteiger partial charge in [0.1, 0.15) is 4.90 Å². The molecule has 0 aliphatic carbocycles. The summed E-state index contributed by atoms with van der Waals surface area (Å²) < 4.78 is 35.3. The predicted molar refractivity (Wildman–Crippen MR) is 51.6 cm³/mol. The Labute approximate surface area is 81.2 Å². The first-order valence-electron chi connectivity index (χ1n) is 3.56. The molecular weight excluding hydrogens is 208 g/mol. The molecule has 0 heterocycles. The molecule has 0 unspecified atom stereocenters. The first kappa shape index (κ1) is 10.6. The van der Waals surface area contributed by atoms with E-state index in [2.05, 4.69) is 0 Å². The van der Waals surface area contributed by atoms with Crippen LogP contribution in [-0.4, -0.2) is 20.1 Å². The van der Waals surface area contributed by atoms with Crippen molar-refractivity contribution in [2.45, 2.75) is 4.90 Å². The molecule has 0 bridgehead atoms. The van der Waals surface area contributed by atoms with E-state index in [1.807, 2.05) is 0 Å². The molecule has 0 fully saturated rings. The largest absolute Gasteiger partial charge is 0.493 e. The quantitative estimate of drug-likeness (QED) is 0.479. The predicted octanol–water partition coefficient (Wildman–Crippen LogP) is 0.106. The Kier molecular flexibility index (Phi) is 2.54. The zero-order valence-electron chi connectivity index (χ0n) is 7.39. The fourth-order valence-corrected chi connectivity index (χ4v) is 1.78. The van der Waals surface area contributed by atoms with Crippen molar-refractivity contribution < 1.29 is 17.7 Å². The van der Waals surface area contributed by atoms with Gasteiger partial charge in [0.25, 0.3) is 10.1 Å². The fraction of sp³-hybridized carbons (Fsp3) is 0.143. The average molecular weight is 218 g/mol. The van der Waals surface area contributed by atoms with Crippen molar-refractivity contribution in [3.63, 3.8) is 0 Å². The first-order valence-corrected chi connectivity index (χ1v) is 5.00. The van der Waals surface area contributed by atoms with Crippen molar-refractivity contribution in [2.24, 2.45) is 0 Å². The molecule has 0 amide bonds. The average Bonchev–Trinajstić information content (AvgIpc) is 2.01. The second kappa shape index (κ2) is 3.35. The lowest BCUT2D eigenvalue weighted by Crippen LogP contribution is -2.05. The summed E-state index contributed by atoms with van der Waals surface area (Å²) in [5.41, 5.74) is 11.0. The molecule has 1 rings (SSSR count). The molecule has 78 valence electrons. The Morgan fingerprint density at radius 2 is 1.93 bits per heavy atom. The Morgan fingerprint density at radius 3 is 2.36 bits per heavy atom. The first-order chi connectivity index (χ1) is 6.36. The summed E-state index contributed by atoms with van der Waals surface area (Å²) in [6, 6.07) is 2.41. The number of benzene rings is 1. The van der Waals surface area contributed by atoms with Gasteiger partial charge in [-0.15, -0.1) is 0 Å². The molecule has 0 atom stereocenters. The fourth-order valence-electron chi connectivity index (χ4n) is 1.06. The van der Waals surface area contributed by atoms with E-state index < -0.39 is 15.0 Å². The molecule has 0 radical (unpaired) electrons. The topological polar surface area (TPSA) is 116 Å². The van der Waals surface area contributed by atoms with Gasteiger partial charge in [-0.25, -0.2) is 0 Å². The molecule has 0 aromatic heterocycles. The summed E-state index contributed by atoms with van der Waals surface area (Å²) in [5, 5.41) is 0. The van der Waals surface area contributed by atoms with Gasteiger partial charge in [-0.1, -0.05) is 0 Å². The highest BCUT2D eigenvalue weighted by Crippen LogP contribution is 2.32. The van der Waals surface area contributed by atoms with Crippen LogP contribution in [0.5, 0.6) is 5.75 Å². The number of hydrogen-bond acceptors (Lipinski definition) is 5. The van der Waals surface area contributed by atoms with Crippen molar-refractivity contribution in [1.29, 1.82) is 0 Å². The Balaban J connectivity index is 3.56. The third-order valence-corrected chi connectivity index (χ3v) is 2.45. The van der Waals surface area contributed by atoms with Gasteiger partial charge in [-0.3, -0.25) is 4.55 Å². The van der Waals surface area contributed by atoms with E-state index in [1.165, 1.54) is 13.2 Å². The van der Waals surface area contributed by atoms with Gasteiger partial charge in [0, 0.05) is 5.69 Å². The van der Waals surface area contributed by atoms with E-state index in [-0.39, 0.29) is 17.1 Å². The van der Waals surface area contributed by atoms with Crippen molar-refractivity contribution in [3.05, 3.63) is 12.1 Å². The third kappa shape index (κ3) is 1.88. The maximum Gasteiger partial charge on any atom is 0.298 e. The van der Waals surface area contributed by atoms with Gasteiger partial charge in [0.05, 0.1) is 12.8 Å². The van der Waals surface area contributed by atoms with Gasteiger partial charge in [-0.05, 0) is 12.1 Å². The van der Waals surface area contributed by atoms with Crippen LogP contribution in [0.3, 0.4) is 0 Å². The van der Waals surface area contributed by atoms with Crippen LogP contribution >= 0.6 is 0 Å². The molecule has 14 heavy (non-hydrogen) atoms. The van der Waals surface area contributed by atoms with Crippen LogP contribution in [0.2, 0.25) is 0 Å². The zero-order chi connectivity index (χ0) is 10.9. The molecule has 7 heteroatoms. The maximum atomic E-state index is 10.9. The lowest BCUT2D eigenvalue weighted by atomic mass is 10.2.